The van der Waals surface area contributed by atoms with Crippen LogP contribution in [0, 0.1) is 5.92 Å². The Kier molecular flexibility index (Phi) is 2.66. The highest BCUT2D eigenvalue weighted by Gasteiger charge is 2.31. The molecule has 17 heavy (non-hydrogen) atoms. The number of methoxy groups -OCH3 is 1. The fourth-order valence-electron chi connectivity index (χ4n) is 1.78. The summed E-state index contributed by atoms with van der Waals surface area (Å²) in [6, 6.07) is 1.24. The summed E-state index contributed by atoms with van der Waals surface area (Å²) >= 11 is 0. The first-order valence-corrected chi connectivity index (χ1v) is 4.96. The highest BCUT2D eigenvalue weighted by atomic mass is 16.5. The molecule has 2 rings (SSSR count). The van der Waals surface area contributed by atoms with Crippen molar-refractivity contribution in [3.8, 4) is 0 Å². The van der Waals surface area contributed by atoms with Crippen LogP contribution in [-0.4, -0.2) is 34.6 Å². The van der Waals surface area contributed by atoms with Crippen molar-refractivity contribution in [3.63, 3.8) is 0 Å². The van der Waals surface area contributed by atoms with E-state index in [9.17, 15) is 19.5 Å². The fraction of sp³-hybridized carbons (Fsp3) is 0.400. The van der Waals surface area contributed by atoms with Gasteiger partial charge in [-0.15, -0.1) is 0 Å². The van der Waals surface area contributed by atoms with Crippen LogP contribution in [-0.2, 0) is 16.1 Å². The minimum atomic E-state index is -1.40. The first kappa shape index (κ1) is 11.3. The standard InChI is InChI=1S/C10H10N2O5/c1-17-10(16)6-4-7-8(13)5(9(14)15)2-3-12(7)11-6/h4-5H,2-3H2,1H3,(H,14,15)/p-1. The second-order valence-corrected chi connectivity index (χ2v) is 3.65. The third kappa shape index (κ3) is 1.79. The molecule has 0 amide bonds. The lowest BCUT2D eigenvalue weighted by molar-refractivity contribution is -0.309. The maximum Gasteiger partial charge on any atom is 0.358 e. The number of ketones is 1. The van der Waals surface area contributed by atoms with E-state index in [0.29, 0.717) is 0 Å². The molecule has 0 aliphatic carbocycles. The Morgan fingerprint density at radius 1 is 1.59 bits per heavy atom. The lowest BCUT2D eigenvalue weighted by atomic mass is 9.95. The van der Waals surface area contributed by atoms with E-state index in [2.05, 4.69) is 9.84 Å². The second-order valence-electron chi connectivity index (χ2n) is 3.65. The summed E-state index contributed by atoms with van der Waals surface area (Å²) in [7, 11) is 1.20. The first-order valence-electron chi connectivity index (χ1n) is 4.96. The van der Waals surface area contributed by atoms with Crippen LogP contribution in [0.15, 0.2) is 6.07 Å². The Hall–Kier alpha value is -2.18. The van der Waals surface area contributed by atoms with Crippen LogP contribution < -0.4 is 5.11 Å². The molecule has 1 aliphatic rings. The van der Waals surface area contributed by atoms with Gasteiger partial charge in [-0.3, -0.25) is 9.48 Å². The van der Waals surface area contributed by atoms with Crippen LogP contribution >= 0.6 is 0 Å². The molecule has 0 aromatic carbocycles. The quantitative estimate of drug-likeness (QED) is 0.464. The van der Waals surface area contributed by atoms with Gasteiger partial charge < -0.3 is 14.6 Å². The molecular formula is C10H9N2O5-. The topological polar surface area (TPSA) is 101 Å². The normalized spacial score (nSPS) is 18.6. The van der Waals surface area contributed by atoms with Gasteiger partial charge in [0.05, 0.1) is 19.0 Å². The van der Waals surface area contributed by atoms with Crippen molar-refractivity contribution in [1.29, 1.82) is 0 Å². The number of rotatable bonds is 2. The maximum absolute atomic E-state index is 11.7. The van der Waals surface area contributed by atoms with Crippen LogP contribution in [0.25, 0.3) is 0 Å². The number of ether oxygens (including phenoxy) is 1. The van der Waals surface area contributed by atoms with Gasteiger partial charge in [-0.05, 0) is 6.42 Å². The zero-order chi connectivity index (χ0) is 12.6. The van der Waals surface area contributed by atoms with Crippen LogP contribution in [0.4, 0.5) is 0 Å². The molecule has 0 bridgehead atoms. The summed E-state index contributed by atoms with van der Waals surface area (Å²) < 4.78 is 5.78. The molecule has 0 radical (unpaired) electrons. The maximum atomic E-state index is 11.7. The molecule has 1 aromatic heterocycles. The fourth-order valence-corrected chi connectivity index (χ4v) is 1.78. The van der Waals surface area contributed by atoms with E-state index in [1.807, 2.05) is 0 Å². The van der Waals surface area contributed by atoms with E-state index in [0.717, 1.165) is 0 Å². The Balaban J connectivity index is 2.37. The van der Waals surface area contributed by atoms with Crippen molar-refractivity contribution in [1.82, 2.24) is 9.78 Å². The minimum Gasteiger partial charge on any atom is -0.549 e. The molecule has 0 spiro atoms. The van der Waals surface area contributed by atoms with E-state index >= 15 is 0 Å². The van der Waals surface area contributed by atoms with Crippen molar-refractivity contribution in [3.05, 3.63) is 17.5 Å². The molecule has 0 fully saturated rings. The number of fused-ring (bicyclic) bond motifs is 1. The Labute approximate surface area is 96.0 Å². The van der Waals surface area contributed by atoms with Gasteiger partial charge in [-0.1, -0.05) is 0 Å². The molecule has 7 heteroatoms. The third-order valence-corrected chi connectivity index (χ3v) is 2.66. The van der Waals surface area contributed by atoms with Crippen molar-refractivity contribution in [2.45, 2.75) is 13.0 Å². The summed E-state index contributed by atoms with van der Waals surface area (Å²) in [6.07, 6.45) is 0.121. The second kappa shape index (κ2) is 4.00. The third-order valence-electron chi connectivity index (χ3n) is 2.66. The molecule has 0 saturated heterocycles. The molecule has 1 aromatic rings. The number of aryl methyl sites for hydroxylation is 1. The molecule has 2 heterocycles. The molecule has 1 aliphatic heterocycles. The van der Waals surface area contributed by atoms with Crippen molar-refractivity contribution < 1.29 is 24.2 Å². The van der Waals surface area contributed by atoms with Gasteiger partial charge in [0.1, 0.15) is 5.69 Å². The number of carboxylic acids is 1. The van der Waals surface area contributed by atoms with Gasteiger partial charge in [-0.25, -0.2) is 4.79 Å². The number of carboxylic acid groups (broad SMARTS) is 1. The van der Waals surface area contributed by atoms with E-state index in [1.54, 1.807) is 0 Å². The van der Waals surface area contributed by atoms with Gasteiger partial charge in [0.25, 0.3) is 0 Å². The largest absolute Gasteiger partial charge is 0.549 e. The smallest absolute Gasteiger partial charge is 0.358 e. The number of hydrogen-bond acceptors (Lipinski definition) is 6. The molecule has 7 nitrogen and oxygen atoms in total. The molecular weight excluding hydrogens is 228 g/mol. The highest BCUT2D eigenvalue weighted by Crippen LogP contribution is 2.20. The summed E-state index contributed by atoms with van der Waals surface area (Å²) in [6.45, 7) is 0.261. The van der Waals surface area contributed by atoms with E-state index < -0.39 is 23.6 Å². The first-order chi connectivity index (χ1) is 8.04. The highest BCUT2D eigenvalue weighted by molar-refractivity contribution is 6.08. The lowest BCUT2D eigenvalue weighted by Crippen LogP contribution is -2.40. The van der Waals surface area contributed by atoms with Gasteiger partial charge in [-0.2, -0.15) is 5.10 Å². The number of aliphatic carboxylic acids is 1. The predicted molar refractivity (Wildman–Crippen MR) is 51.0 cm³/mol. The van der Waals surface area contributed by atoms with Gasteiger partial charge in [0.2, 0.25) is 0 Å². The van der Waals surface area contributed by atoms with Crippen molar-refractivity contribution in [2.75, 3.05) is 7.11 Å². The van der Waals surface area contributed by atoms with Crippen molar-refractivity contribution in [2.24, 2.45) is 5.92 Å². The van der Waals surface area contributed by atoms with Crippen LogP contribution in [0.5, 0.6) is 0 Å². The zero-order valence-corrected chi connectivity index (χ0v) is 9.00. The average Bonchev–Trinajstić information content (AvgIpc) is 2.72. The molecule has 90 valence electrons. The van der Waals surface area contributed by atoms with Crippen LogP contribution in [0.3, 0.4) is 0 Å². The van der Waals surface area contributed by atoms with Crippen LogP contribution in [0.2, 0.25) is 0 Å². The average molecular weight is 237 g/mol. The molecule has 1 atom stereocenters. The number of carbonyl (C=O) groups is 3. The van der Waals surface area contributed by atoms with Gasteiger partial charge in [0.15, 0.2) is 11.5 Å². The van der Waals surface area contributed by atoms with Crippen molar-refractivity contribution >= 4 is 17.7 Å². The van der Waals surface area contributed by atoms with Gasteiger partial charge >= 0.3 is 5.97 Å². The SMILES string of the molecule is COC(=O)c1cc2n(n1)CCC(C(=O)[O-])C2=O. The van der Waals surface area contributed by atoms with Crippen LogP contribution in [0.1, 0.15) is 27.4 Å². The van der Waals surface area contributed by atoms with E-state index in [1.165, 1.54) is 17.9 Å². The monoisotopic (exact) mass is 237 g/mol. The zero-order valence-electron chi connectivity index (χ0n) is 9.00. The summed E-state index contributed by atoms with van der Waals surface area (Å²) in [5.41, 5.74) is 0.0979. The Bertz CT molecular complexity index is 505. The number of esters is 1. The Morgan fingerprint density at radius 2 is 2.29 bits per heavy atom. The number of hydrogen-bond donors (Lipinski definition) is 0. The summed E-state index contributed by atoms with van der Waals surface area (Å²) in [4.78, 5) is 33.7. The summed E-state index contributed by atoms with van der Waals surface area (Å²) in [5.74, 6) is -3.81. The number of nitrogens with zero attached hydrogens (tertiary/aromatic N) is 2. The number of aromatic nitrogens is 2. The Morgan fingerprint density at radius 3 is 2.88 bits per heavy atom. The lowest BCUT2D eigenvalue weighted by Gasteiger charge is -2.22. The minimum absolute atomic E-state index is 0.00477. The predicted octanol–water partition coefficient (Wildman–Crippen LogP) is -1.38. The summed E-state index contributed by atoms with van der Waals surface area (Å²) in [5, 5.41) is 14.6. The molecule has 1 unspecified atom stereocenters. The number of carbonyl (C=O) groups excluding carboxylic acids is 3. The van der Waals surface area contributed by atoms with E-state index in [4.69, 9.17) is 0 Å². The van der Waals surface area contributed by atoms with E-state index in [-0.39, 0.29) is 24.4 Å². The van der Waals surface area contributed by atoms with Gasteiger partial charge in [0, 0.05) is 12.6 Å². The molecule has 0 saturated carbocycles. The number of Topliss-reactive ketones (excluding diaryl/α,β-unsaturated/α-hetero) is 1. The molecule has 0 N–H and O–H groups in total.